The average Bonchev–Trinajstić information content (AvgIpc) is 2.98. The third kappa shape index (κ3) is 7.88. The molecule has 3 aromatic rings. The zero-order valence-corrected chi connectivity index (χ0v) is 25.6. The van der Waals surface area contributed by atoms with Gasteiger partial charge >= 0.3 is 0 Å². The molecule has 2 atom stereocenters. The molecule has 0 unspecified atom stereocenters. The molecule has 8 nitrogen and oxygen atoms in total. The number of nitrogens with one attached hydrogen (secondary N) is 1. The lowest BCUT2D eigenvalue weighted by atomic mass is 10.1. The Balaban J connectivity index is 2.05. The van der Waals surface area contributed by atoms with Crippen molar-refractivity contribution in [3.8, 4) is 5.75 Å². The summed E-state index contributed by atoms with van der Waals surface area (Å²) in [6.07, 6.45) is 1.31. The van der Waals surface area contributed by atoms with Crippen LogP contribution in [0, 0.1) is 6.92 Å². The Labute approximate surface area is 244 Å². The molecule has 0 fully saturated rings. The standard InChI is InChI=1S/C32H41N3O5S/c1-7-24(4)33-32(37)25(5)34(21-26-15-17-28(40-6)18-16-26)31(36)22-35(30-12-10-9-11-27(30)8-2)41(38,39)29-19-13-23(3)14-20-29/h9-20,24-25H,7-8,21-22H2,1-6H3,(H,33,37)/t24-,25+/m1/s1. The molecule has 220 valence electrons. The molecule has 0 heterocycles. The van der Waals surface area contributed by atoms with Gasteiger partial charge in [-0.15, -0.1) is 0 Å². The number of hydrogen-bond donors (Lipinski definition) is 1. The SMILES string of the molecule is CCc1ccccc1N(CC(=O)N(Cc1ccc(OC)cc1)[C@@H](C)C(=O)N[C@H](C)CC)S(=O)(=O)c1ccc(C)cc1. The zero-order chi connectivity index (χ0) is 30.2. The number of ether oxygens (including phenoxy) is 1. The molecule has 9 heteroatoms. The van der Waals surface area contributed by atoms with Crippen molar-refractivity contribution >= 4 is 27.5 Å². The molecule has 0 saturated carbocycles. The quantitative estimate of drug-likeness (QED) is 0.304. The molecule has 41 heavy (non-hydrogen) atoms. The van der Waals surface area contributed by atoms with Crippen LogP contribution >= 0.6 is 0 Å². The summed E-state index contributed by atoms with van der Waals surface area (Å²) in [5.74, 6) is -0.127. The first kappa shape index (κ1) is 31.7. The molecule has 2 amide bonds. The van der Waals surface area contributed by atoms with Crippen LogP contribution in [-0.4, -0.2) is 50.9 Å². The molecule has 0 aromatic heterocycles. The van der Waals surface area contributed by atoms with Gasteiger partial charge in [0.2, 0.25) is 11.8 Å². The van der Waals surface area contributed by atoms with E-state index in [2.05, 4.69) is 5.32 Å². The van der Waals surface area contributed by atoms with Crippen molar-refractivity contribution in [1.29, 1.82) is 0 Å². The number of amides is 2. The minimum absolute atomic E-state index is 0.0715. The Kier molecular flexibility index (Phi) is 10.9. The van der Waals surface area contributed by atoms with Gasteiger partial charge < -0.3 is 15.0 Å². The van der Waals surface area contributed by atoms with Crippen molar-refractivity contribution in [2.45, 2.75) is 71.0 Å². The number of anilines is 1. The first-order chi connectivity index (χ1) is 19.5. The van der Waals surface area contributed by atoms with Crippen LogP contribution in [-0.2, 0) is 32.6 Å². The fourth-order valence-electron chi connectivity index (χ4n) is 4.38. The van der Waals surface area contributed by atoms with Crippen molar-refractivity contribution in [2.24, 2.45) is 0 Å². The molecule has 0 saturated heterocycles. The van der Waals surface area contributed by atoms with Crippen molar-refractivity contribution in [1.82, 2.24) is 10.2 Å². The van der Waals surface area contributed by atoms with E-state index < -0.39 is 28.5 Å². The predicted molar refractivity (Wildman–Crippen MR) is 162 cm³/mol. The van der Waals surface area contributed by atoms with E-state index in [1.165, 1.54) is 9.21 Å². The highest BCUT2D eigenvalue weighted by Gasteiger charge is 2.33. The summed E-state index contributed by atoms with van der Waals surface area (Å²) in [4.78, 5) is 28.8. The molecule has 3 rings (SSSR count). The van der Waals surface area contributed by atoms with Crippen molar-refractivity contribution < 1.29 is 22.7 Å². The van der Waals surface area contributed by atoms with Gasteiger partial charge in [-0.25, -0.2) is 8.42 Å². The highest BCUT2D eigenvalue weighted by atomic mass is 32.2. The highest BCUT2D eigenvalue weighted by Crippen LogP contribution is 2.28. The number of carbonyl (C=O) groups is 2. The topological polar surface area (TPSA) is 96.0 Å². The molecule has 3 aromatic carbocycles. The second-order valence-corrected chi connectivity index (χ2v) is 12.0. The molecular weight excluding hydrogens is 538 g/mol. The van der Waals surface area contributed by atoms with Crippen LogP contribution < -0.4 is 14.4 Å². The van der Waals surface area contributed by atoms with Crippen molar-refractivity contribution in [3.05, 3.63) is 89.5 Å². The Morgan fingerprint density at radius 1 is 0.927 bits per heavy atom. The van der Waals surface area contributed by atoms with Crippen molar-refractivity contribution in [3.63, 3.8) is 0 Å². The lowest BCUT2D eigenvalue weighted by molar-refractivity contribution is -0.139. The average molecular weight is 580 g/mol. The van der Waals surface area contributed by atoms with Gasteiger partial charge in [0.05, 0.1) is 17.7 Å². The van der Waals surface area contributed by atoms with E-state index in [1.54, 1.807) is 62.6 Å². The van der Waals surface area contributed by atoms with E-state index in [4.69, 9.17) is 4.74 Å². The maximum Gasteiger partial charge on any atom is 0.264 e. The van der Waals surface area contributed by atoms with E-state index in [0.717, 1.165) is 23.1 Å². The molecule has 0 bridgehead atoms. The number of aryl methyl sites for hydroxylation is 2. The predicted octanol–water partition coefficient (Wildman–Crippen LogP) is 5.09. The second-order valence-electron chi connectivity index (χ2n) is 10.2. The van der Waals surface area contributed by atoms with Crippen LogP contribution in [0.15, 0.2) is 77.7 Å². The van der Waals surface area contributed by atoms with Gasteiger partial charge in [0, 0.05) is 12.6 Å². The summed E-state index contributed by atoms with van der Waals surface area (Å²) in [6, 6.07) is 20.0. The first-order valence-corrected chi connectivity index (χ1v) is 15.4. The van der Waals surface area contributed by atoms with Gasteiger partial charge in [0.15, 0.2) is 0 Å². The van der Waals surface area contributed by atoms with E-state index in [9.17, 15) is 18.0 Å². The van der Waals surface area contributed by atoms with Crippen LogP contribution in [0.4, 0.5) is 5.69 Å². The molecule has 0 spiro atoms. The maximum absolute atomic E-state index is 14.1. The minimum atomic E-state index is -4.11. The third-order valence-corrected chi connectivity index (χ3v) is 8.98. The number of benzene rings is 3. The monoisotopic (exact) mass is 579 g/mol. The number of rotatable bonds is 13. The molecular formula is C32H41N3O5S. The highest BCUT2D eigenvalue weighted by molar-refractivity contribution is 7.92. The fraction of sp³-hybridized carbons (Fsp3) is 0.375. The van der Waals surface area contributed by atoms with Crippen LogP contribution in [0.1, 0.15) is 50.8 Å². The van der Waals surface area contributed by atoms with Crippen LogP contribution in [0.3, 0.4) is 0 Å². The molecule has 1 N–H and O–H groups in total. The van der Waals surface area contributed by atoms with Gasteiger partial charge in [-0.2, -0.15) is 0 Å². The minimum Gasteiger partial charge on any atom is -0.497 e. The molecule has 0 radical (unpaired) electrons. The maximum atomic E-state index is 14.1. The molecule has 0 aliphatic carbocycles. The number of carbonyl (C=O) groups excluding carboxylic acids is 2. The van der Waals surface area contributed by atoms with Crippen LogP contribution in [0.5, 0.6) is 5.75 Å². The van der Waals surface area contributed by atoms with E-state index in [0.29, 0.717) is 17.9 Å². The summed E-state index contributed by atoms with van der Waals surface area (Å²) in [5, 5.41) is 2.95. The Morgan fingerprint density at radius 3 is 2.15 bits per heavy atom. The van der Waals surface area contributed by atoms with Crippen LogP contribution in [0.2, 0.25) is 0 Å². The summed E-state index contributed by atoms with van der Waals surface area (Å²) in [7, 11) is -2.54. The van der Waals surface area contributed by atoms with E-state index in [-0.39, 0.29) is 23.4 Å². The van der Waals surface area contributed by atoms with E-state index >= 15 is 0 Å². The normalized spacial score (nSPS) is 12.7. The summed E-state index contributed by atoms with van der Waals surface area (Å²) in [5.41, 5.74) is 2.93. The first-order valence-electron chi connectivity index (χ1n) is 13.9. The Bertz CT molecular complexity index is 1420. The summed E-state index contributed by atoms with van der Waals surface area (Å²) in [6.45, 7) is 9.00. The molecule has 0 aliphatic rings. The number of methoxy groups -OCH3 is 1. The number of para-hydroxylation sites is 1. The summed E-state index contributed by atoms with van der Waals surface area (Å²) >= 11 is 0. The zero-order valence-electron chi connectivity index (χ0n) is 24.8. The lowest BCUT2D eigenvalue weighted by Crippen LogP contribution is -2.52. The number of sulfonamides is 1. The lowest BCUT2D eigenvalue weighted by Gasteiger charge is -2.33. The fourth-order valence-corrected chi connectivity index (χ4v) is 5.83. The van der Waals surface area contributed by atoms with E-state index in [1.807, 2.05) is 52.0 Å². The van der Waals surface area contributed by atoms with Crippen molar-refractivity contribution in [2.75, 3.05) is 18.0 Å². The van der Waals surface area contributed by atoms with Gasteiger partial charge in [-0.05, 0) is 75.1 Å². The third-order valence-electron chi connectivity index (χ3n) is 7.21. The number of nitrogens with zero attached hydrogens (tertiary/aromatic N) is 2. The number of hydrogen-bond acceptors (Lipinski definition) is 5. The van der Waals surface area contributed by atoms with Gasteiger partial charge in [0.25, 0.3) is 10.0 Å². The Hall–Kier alpha value is -3.85. The van der Waals surface area contributed by atoms with Crippen LogP contribution in [0.25, 0.3) is 0 Å². The van der Waals surface area contributed by atoms with Gasteiger partial charge in [-0.1, -0.05) is 61.9 Å². The smallest absolute Gasteiger partial charge is 0.264 e. The molecule has 0 aliphatic heterocycles. The second kappa shape index (κ2) is 14.2. The van der Waals surface area contributed by atoms with Gasteiger partial charge in [-0.3, -0.25) is 13.9 Å². The summed E-state index contributed by atoms with van der Waals surface area (Å²) < 4.78 is 34.5. The van der Waals surface area contributed by atoms with Gasteiger partial charge in [0.1, 0.15) is 18.3 Å². The Morgan fingerprint density at radius 2 is 1.56 bits per heavy atom. The largest absolute Gasteiger partial charge is 0.497 e.